The van der Waals surface area contributed by atoms with Gasteiger partial charge in [0.1, 0.15) is 11.6 Å². The van der Waals surface area contributed by atoms with Gasteiger partial charge in [0, 0.05) is 37.2 Å². The highest BCUT2D eigenvalue weighted by molar-refractivity contribution is 7.26. The molecule has 4 heteroatoms. The molecule has 0 bridgehead atoms. The van der Waals surface area contributed by atoms with Gasteiger partial charge in [0.25, 0.3) is 0 Å². The molecule has 77 heavy (non-hydrogen) atoms. The van der Waals surface area contributed by atoms with Crippen molar-refractivity contribution < 1.29 is 8.78 Å². The van der Waals surface area contributed by atoms with Gasteiger partial charge >= 0.3 is 0 Å². The maximum Gasteiger partial charge on any atom is 0.123 e. The summed E-state index contributed by atoms with van der Waals surface area (Å²) in [7, 11) is 0. The lowest BCUT2D eigenvalue weighted by atomic mass is 9.67. The lowest BCUT2D eigenvalue weighted by molar-refractivity contribution is 0.616. The van der Waals surface area contributed by atoms with Gasteiger partial charge in [-0.3, -0.25) is 0 Å². The predicted octanol–water partition coefficient (Wildman–Crippen LogP) is 20.6. The first-order chi connectivity index (χ1) is 38.0. The lowest BCUT2D eigenvalue weighted by Gasteiger charge is -2.34. The Morgan fingerprint density at radius 2 is 0.740 bits per heavy atom. The smallest absolute Gasteiger partial charge is 0.123 e. The normalized spacial score (nSPS) is 12.6. The van der Waals surface area contributed by atoms with Crippen molar-refractivity contribution in [2.75, 3.05) is 4.90 Å². The molecule has 0 saturated carbocycles. The minimum atomic E-state index is -0.908. The highest BCUT2D eigenvalue weighted by Crippen LogP contribution is 2.57. The van der Waals surface area contributed by atoms with E-state index in [9.17, 15) is 0 Å². The number of nitrogens with zero attached hydrogens (tertiary/aromatic N) is 1. The summed E-state index contributed by atoms with van der Waals surface area (Å²) in [6, 6.07) is 94.9. The molecule has 0 N–H and O–H groups in total. The zero-order chi connectivity index (χ0) is 51.2. The number of rotatable bonds is 8. The molecule has 1 heterocycles. The number of hydrogen-bond acceptors (Lipinski definition) is 2. The van der Waals surface area contributed by atoms with Crippen LogP contribution in [0.3, 0.4) is 0 Å². The molecule has 0 fully saturated rings. The topological polar surface area (TPSA) is 3.24 Å². The van der Waals surface area contributed by atoms with Crippen LogP contribution in [0, 0.1) is 11.6 Å². The largest absolute Gasteiger partial charge is 0.310 e. The SMILES string of the molecule is Fc1ccc2c(c1)C(c1ccccc1)(c1ccc(-c3cccc4c3sc3cc(-c5ccc(-c6ccc(N(c7ccccc7)c7ccc8c9ccccc9c9ccccc9c8c7)cc6)cc5)ccc34)cc1)c1cc(F)ccc1-2. The second-order valence-electron chi connectivity index (χ2n) is 20.2. The molecule has 0 atom stereocenters. The average molecular weight is 1010 g/mol. The van der Waals surface area contributed by atoms with Crippen molar-refractivity contribution >= 4 is 80.9 Å². The van der Waals surface area contributed by atoms with Crippen LogP contribution in [0.15, 0.2) is 273 Å². The van der Waals surface area contributed by atoms with Gasteiger partial charge < -0.3 is 4.90 Å². The Hall–Kier alpha value is -9.48. The van der Waals surface area contributed by atoms with Gasteiger partial charge in [-0.05, 0) is 166 Å². The third-order valence-corrected chi connectivity index (χ3v) is 17.3. The van der Waals surface area contributed by atoms with Gasteiger partial charge in [-0.1, -0.05) is 206 Å². The first-order valence-electron chi connectivity index (χ1n) is 26.1. The summed E-state index contributed by atoms with van der Waals surface area (Å²) in [5.74, 6) is -0.639. The van der Waals surface area contributed by atoms with Crippen LogP contribution >= 0.6 is 11.3 Å². The maximum absolute atomic E-state index is 15.3. The van der Waals surface area contributed by atoms with Crippen LogP contribution < -0.4 is 4.90 Å². The second-order valence-corrected chi connectivity index (χ2v) is 21.2. The molecule has 0 aliphatic heterocycles. The molecule has 13 aromatic carbocycles. The van der Waals surface area contributed by atoms with E-state index in [2.05, 4.69) is 223 Å². The molecule has 0 spiro atoms. The van der Waals surface area contributed by atoms with Crippen LogP contribution in [-0.2, 0) is 5.41 Å². The fourth-order valence-electron chi connectivity index (χ4n) is 12.6. The first-order valence-corrected chi connectivity index (χ1v) is 26.9. The molecule has 14 aromatic rings. The fraction of sp³-hybridized carbons (Fsp3) is 0.0137. The van der Waals surface area contributed by atoms with Crippen LogP contribution in [0.25, 0.3) is 97.0 Å². The summed E-state index contributed by atoms with van der Waals surface area (Å²) < 4.78 is 33.0. The van der Waals surface area contributed by atoms with E-state index in [0.29, 0.717) is 0 Å². The third kappa shape index (κ3) is 7.17. The number of halogens is 2. The van der Waals surface area contributed by atoms with Gasteiger partial charge in [-0.15, -0.1) is 11.3 Å². The molecule has 1 aliphatic carbocycles. The highest BCUT2D eigenvalue weighted by Gasteiger charge is 2.46. The Morgan fingerprint density at radius 3 is 1.36 bits per heavy atom. The van der Waals surface area contributed by atoms with Crippen molar-refractivity contribution in [3.8, 4) is 44.5 Å². The summed E-state index contributed by atoms with van der Waals surface area (Å²) in [6.07, 6.45) is 0. The van der Waals surface area contributed by atoms with Crippen LogP contribution in [0.4, 0.5) is 25.8 Å². The Morgan fingerprint density at radius 1 is 0.286 bits per heavy atom. The number of para-hydroxylation sites is 1. The van der Waals surface area contributed by atoms with Gasteiger partial charge in [0.05, 0.1) is 5.41 Å². The third-order valence-electron chi connectivity index (χ3n) is 16.1. The Labute approximate surface area is 448 Å². The molecule has 1 aromatic heterocycles. The summed E-state index contributed by atoms with van der Waals surface area (Å²) >= 11 is 1.82. The van der Waals surface area contributed by atoms with Crippen LogP contribution in [0.1, 0.15) is 22.3 Å². The molecule has 362 valence electrons. The van der Waals surface area contributed by atoms with Crippen LogP contribution in [0.5, 0.6) is 0 Å². The molecule has 0 radical (unpaired) electrons. The van der Waals surface area contributed by atoms with Crippen LogP contribution in [-0.4, -0.2) is 0 Å². The van der Waals surface area contributed by atoms with E-state index in [1.165, 1.54) is 70.2 Å². The quantitative estimate of drug-likeness (QED) is 0.137. The van der Waals surface area contributed by atoms with E-state index < -0.39 is 5.41 Å². The van der Waals surface area contributed by atoms with Crippen LogP contribution in [0.2, 0.25) is 0 Å². The number of hydrogen-bond donors (Lipinski definition) is 0. The van der Waals surface area contributed by atoms with Gasteiger partial charge in [-0.2, -0.15) is 0 Å². The van der Waals surface area contributed by atoms with E-state index in [-0.39, 0.29) is 11.6 Å². The zero-order valence-electron chi connectivity index (χ0n) is 41.6. The number of thiophene rings is 1. The van der Waals surface area contributed by atoms with E-state index in [1.807, 2.05) is 41.7 Å². The summed E-state index contributed by atoms with van der Waals surface area (Å²) in [4.78, 5) is 2.35. The van der Waals surface area contributed by atoms with Gasteiger partial charge in [0.15, 0.2) is 0 Å². The van der Waals surface area contributed by atoms with Gasteiger partial charge in [-0.25, -0.2) is 8.78 Å². The van der Waals surface area contributed by atoms with E-state index >= 15 is 8.78 Å². The van der Waals surface area contributed by atoms with Crippen molar-refractivity contribution in [2.45, 2.75) is 5.41 Å². The standard InChI is InChI=1S/C73H45F2NS/c74-53-33-39-64-65-40-34-54(75)44-70(65)73(69(64)43-53,51-12-3-1-4-13-51)52-31-26-49(27-32-52)58-20-11-21-67-66-38-30-50(42-71(66)77-72(58)67)48-24-22-46(23-25-48)47-28-35-56(36-29-47)76(55-14-5-2-6-15-55)57-37-41-63-61-18-8-7-16-59(61)60-17-9-10-19-62(60)68(63)45-57/h1-45H. The molecule has 0 amide bonds. The number of fused-ring (bicyclic) bond motifs is 12. The van der Waals surface area contributed by atoms with Crippen molar-refractivity contribution in [1.82, 2.24) is 0 Å². The maximum atomic E-state index is 15.3. The molecular weight excluding hydrogens is 961 g/mol. The van der Waals surface area contributed by atoms with E-state index in [4.69, 9.17) is 0 Å². The van der Waals surface area contributed by atoms with Crippen molar-refractivity contribution in [1.29, 1.82) is 0 Å². The minimum absolute atomic E-state index is 0.319. The Bertz CT molecular complexity index is 4530. The summed E-state index contributed by atoms with van der Waals surface area (Å²) in [5, 5.41) is 10.0. The minimum Gasteiger partial charge on any atom is -0.310 e. The summed E-state index contributed by atoms with van der Waals surface area (Å²) in [5.41, 5.74) is 14.6. The molecule has 15 rings (SSSR count). The number of benzene rings is 13. The molecule has 0 unspecified atom stereocenters. The first kappa shape index (κ1) is 45.0. The second kappa shape index (κ2) is 17.8. The molecule has 1 nitrogen and oxygen atoms in total. The molecule has 1 aliphatic rings. The monoisotopic (exact) mass is 1010 g/mol. The summed E-state index contributed by atoms with van der Waals surface area (Å²) in [6.45, 7) is 0. The van der Waals surface area contributed by atoms with Gasteiger partial charge in [0.2, 0.25) is 0 Å². The number of anilines is 3. The highest BCUT2D eigenvalue weighted by atomic mass is 32.1. The average Bonchev–Trinajstić information content (AvgIpc) is 4.22. The van der Waals surface area contributed by atoms with Crippen molar-refractivity contribution in [2.24, 2.45) is 0 Å². The Kier molecular flexibility index (Phi) is 10.4. The van der Waals surface area contributed by atoms with E-state index in [1.54, 1.807) is 12.1 Å². The lowest BCUT2D eigenvalue weighted by Crippen LogP contribution is -2.28. The molecule has 0 saturated heterocycles. The fourth-order valence-corrected chi connectivity index (χ4v) is 13.8. The molecular formula is C73H45F2NS. The zero-order valence-corrected chi connectivity index (χ0v) is 42.4. The van der Waals surface area contributed by atoms with E-state index in [0.717, 1.165) is 78.3 Å². The van der Waals surface area contributed by atoms with Crippen molar-refractivity contribution in [3.63, 3.8) is 0 Å². The Balaban J connectivity index is 0.738. The van der Waals surface area contributed by atoms with Crippen molar-refractivity contribution in [3.05, 3.63) is 307 Å². The predicted molar refractivity (Wildman–Crippen MR) is 320 cm³/mol.